The van der Waals surface area contributed by atoms with Gasteiger partial charge >= 0.3 is 5.69 Å². The largest absolute Gasteiger partial charge is 0.497 e. The summed E-state index contributed by atoms with van der Waals surface area (Å²) in [4.78, 5) is 15.2. The Kier molecular flexibility index (Phi) is 5.94. The summed E-state index contributed by atoms with van der Waals surface area (Å²) in [6.45, 7) is 2.24. The van der Waals surface area contributed by atoms with Crippen molar-refractivity contribution in [3.8, 4) is 16.9 Å². The number of nitro groups is 1. The molecule has 1 atom stereocenters. The smallest absolute Gasteiger partial charge is 0.319 e. The summed E-state index contributed by atoms with van der Waals surface area (Å²) in [6.07, 6.45) is 1.50. The lowest BCUT2D eigenvalue weighted by Gasteiger charge is -2.15. The van der Waals surface area contributed by atoms with E-state index in [0.29, 0.717) is 28.5 Å². The maximum atomic E-state index is 11.6. The number of aromatic nitrogens is 1. The van der Waals surface area contributed by atoms with E-state index in [1.165, 1.54) is 13.3 Å². The van der Waals surface area contributed by atoms with Crippen LogP contribution in [0.5, 0.6) is 5.75 Å². The maximum absolute atomic E-state index is 11.6. The molecule has 1 N–H and O–H groups in total. The molecule has 0 saturated carbocycles. The van der Waals surface area contributed by atoms with Crippen molar-refractivity contribution in [2.24, 2.45) is 0 Å². The molecule has 0 amide bonds. The lowest BCUT2D eigenvalue weighted by Crippen LogP contribution is -2.22. The van der Waals surface area contributed by atoms with Crippen molar-refractivity contribution in [1.82, 2.24) is 4.98 Å². The van der Waals surface area contributed by atoms with Crippen molar-refractivity contribution >= 4 is 23.1 Å². The molecular formula is C16H18ClN3O4. The van der Waals surface area contributed by atoms with E-state index in [1.54, 1.807) is 31.4 Å². The Hall–Kier alpha value is -2.38. The Morgan fingerprint density at radius 2 is 2.08 bits per heavy atom. The molecule has 1 aromatic carbocycles. The van der Waals surface area contributed by atoms with Crippen LogP contribution in [-0.2, 0) is 4.74 Å². The van der Waals surface area contributed by atoms with Crippen LogP contribution < -0.4 is 10.1 Å². The van der Waals surface area contributed by atoms with Crippen LogP contribution in [0, 0.1) is 10.1 Å². The third kappa shape index (κ3) is 3.93. The van der Waals surface area contributed by atoms with E-state index < -0.39 is 4.92 Å². The molecule has 0 saturated heterocycles. The van der Waals surface area contributed by atoms with Crippen LogP contribution in [0.3, 0.4) is 0 Å². The van der Waals surface area contributed by atoms with E-state index in [4.69, 9.17) is 21.1 Å². The second-order valence-corrected chi connectivity index (χ2v) is 5.57. The van der Waals surface area contributed by atoms with E-state index in [-0.39, 0.29) is 17.5 Å². The summed E-state index contributed by atoms with van der Waals surface area (Å²) in [5, 5.41) is 15.0. The topological polar surface area (TPSA) is 86.5 Å². The van der Waals surface area contributed by atoms with Gasteiger partial charge < -0.3 is 14.8 Å². The van der Waals surface area contributed by atoms with Crippen molar-refractivity contribution in [1.29, 1.82) is 0 Å². The summed E-state index contributed by atoms with van der Waals surface area (Å²) in [6, 6.07) is 6.43. The second-order valence-electron chi connectivity index (χ2n) is 5.16. The van der Waals surface area contributed by atoms with Gasteiger partial charge in [-0.15, -0.1) is 0 Å². The zero-order valence-corrected chi connectivity index (χ0v) is 14.3. The second kappa shape index (κ2) is 7.94. The Morgan fingerprint density at radius 3 is 2.67 bits per heavy atom. The first-order valence-corrected chi connectivity index (χ1v) is 7.58. The lowest BCUT2D eigenvalue weighted by molar-refractivity contribution is -0.383. The predicted octanol–water partition coefficient (Wildman–Crippen LogP) is 3.77. The molecule has 0 fully saturated rings. The molecule has 1 heterocycles. The molecule has 2 rings (SSSR count). The molecule has 7 nitrogen and oxygen atoms in total. The zero-order valence-electron chi connectivity index (χ0n) is 13.6. The van der Waals surface area contributed by atoms with Crippen molar-refractivity contribution in [2.75, 3.05) is 26.1 Å². The average molecular weight is 352 g/mol. The molecule has 1 unspecified atom stereocenters. The number of rotatable bonds is 7. The van der Waals surface area contributed by atoms with Crippen molar-refractivity contribution < 1.29 is 14.4 Å². The van der Waals surface area contributed by atoms with E-state index in [2.05, 4.69) is 10.3 Å². The van der Waals surface area contributed by atoms with E-state index >= 15 is 0 Å². The number of nitrogens with one attached hydrogen (secondary N) is 1. The monoisotopic (exact) mass is 351 g/mol. The SMILES string of the molecule is COCC(C)Nc1nccc(-c2ccc(OC)cc2Cl)c1[N+](=O)[O-]. The fraction of sp³-hybridized carbons (Fsp3) is 0.312. The highest BCUT2D eigenvalue weighted by Crippen LogP contribution is 2.39. The molecule has 2 aromatic rings. The fourth-order valence-electron chi connectivity index (χ4n) is 2.33. The molecule has 24 heavy (non-hydrogen) atoms. The van der Waals surface area contributed by atoms with Crippen LogP contribution in [0.4, 0.5) is 11.5 Å². The molecule has 0 bridgehead atoms. The summed E-state index contributed by atoms with van der Waals surface area (Å²) < 4.78 is 10.2. The van der Waals surface area contributed by atoms with Gasteiger partial charge in [-0.2, -0.15) is 0 Å². The Morgan fingerprint density at radius 1 is 1.33 bits per heavy atom. The first-order chi connectivity index (χ1) is 11.5. The van der Waals surface area contributed by atoms with Crippen molar-refractivity contribution in [3.63, 3.8) is 0 Å². The average Bonchev–Trinajstić information content (AvgIpc) is 2.54. The Balaban J connectivity index is 2.52. The van der Waals surface area contributed by atoms with Crippen LogP contribution in [0.15, 0.2) is 30.5 Å². The van der Waals surface area contributed by atoms with Gasteiger partial charge in [-0.05, 0) is 31.2 Å². The van der Waals surface area contributed by atoms with Crippen LogP contribution in [-0.4, -0.2) is 36.8 Å². The van der Waals surface area contributed by atoms with Crippen LogP contribution >= 0.6 is 11.6 Å². The van der Waals surface area contributed by atoms with Crippen LogP contribution in [0.1, 0.15) is 6.92 Å². The number of ether oxygens (including phenoxy) is 2. The van der Waals surface area contributed by atoms with Crippen molar-refractivity contribution in [3.05, 3.63) is 45.6 Å². The number of methoxy groups -OCH3 is 2. The first-order valence-electron chi connectivity index (χ1n) is 7.20. The zero-order chi connectivity index (χ0) is 17.7. The van der Waals surface area contributed by atoms with Gasteiger partial charge in [0, 0.05) is 24.9 Å². The number of benzene rings is 1. The highest BCUT2D eigenvalue weighted by atomic mass is 35.5. The number of anilines is 1. The van der Waals surface area contributed by atoms with Gasteiger partial charge in [0.15, 0.2) is 0 Å². The van der Waals surface area contributed by atoms with Gasteiger partial charge in [0.05, 0.1) is 29.2 Å². The first kappa shape index (κ1) is 18.0. The van der Waals surface area contributed by atoms with E-state index in [9.17, 15) is 10.1 Å². The highest BCUT2D eigenvalue weighted by molar-refractivity contribution is 6.33. The number of hydrogen-bond donors (Lipinski definition) is 1. The Labute approximate surface area is 144 Å². The number of hydrogen-bond acceptors (Lipinski definition) is 6. The molecule has 0 aliphatic carbocycles. The minimum absolute atomic E-state index is 0.132. The summed E-state index contributed by atoms with van der Waals surface area (Å²) in [5.41, 5.74) is 0.788. The molecule has 0 aliphatic heterocycles. The number of nitrogens with zero attached hydrogens (tertiary/aromatic N) is 2. The molecular weight excluding hydrogens is 334 g/mol. The van der Waals surface area contributed by atoms with Gasteiger partial charge in [0.25, 0.3) is 0 Å². The van der Waals surface area contributed by atoms with Crippen LogP contribution in [0.2, 0.25) is 5.02 Å². The summed E-state index contributed by atoms with van der Waals surface area (Å²) >= 11 is 6.26. The third-order valence-electron chi connectivity index (χ3n) is 3.37. The van der Waals surface area contributed by atoms with Gasteiger partial charge in [-0.25, -0.2) is 4.98 Å². The quantitative estimate of drug-likeness (QED) is 0.603. The highest BCUT2D eigenvalue weighted by Gasteiger charge is 2.24. The summed E-state index contributed by atoms with van der Waals surface area (Å²) in [5.74, 6) is 0.751. The predicted molar refractivity (Wildman–Crippen MR) is 92.9 cm³/mol. The van der Waals surface area contributed by atoms with Gasteiger partial charge in [-0.1, -0.05) is 11.6 Å². The Bertz CT molecular complexity index is 739. The minimum Gasteiger partial charge on any atom is -0.497 e. The molecule has 0 spiro atoms. The molecule has 1 aromatic heterocycles. The van der Waals surface area contributed by atoms with Gasteiger partial charge in [0.2, 0.25) is 5.82 Å². The molecule has 8 heteroatoms. The van der Waals surface area contributed by atoms with Crippen molar-refractivity contribution in [2.45, 2.75) is 13.0 Å². The third-order valence-corrected chi connectivity index (χ3v) is 3.69. The lowest BCUT2D eigenvalue weighted by atomic mass is 10.0. The number of pyridine rings is 1. The van der Waals surface area contributed by atoms with E-state index in [1.807, 2.05) is 6.92 Å². The standard InChI is InChI=1S/C16H18ClN3O4/c1-10(9-23-2)19-16-15(20(21)22)13(6-7-18-16)12-5-4-11(24-3)8-14(12)17/h4-8,10H,9H2,1-3H3,(H,18,19). The van der Waals surface area contributed by atoms with Gasteiger partial charge in [-0.3, -0.25) is 10.1 Å². The van der Waals surface area contributed by atoms with E-state index in [0.717, 1.165) is 0 Å². The minimum atomic E-state index is -0.468. The normalized spacial score (nSPS) is 11.8. The maximum Gasteiger partial charge on any atom is 0.319 e. The number of halogens is 1. The van der Waals surface area contributed by atoms with Gasteiger partial charge in [0.1, 0.15) is 5.75 Å². The molecule has 0 aliphatic rings. The molecule has 0 radical (unpaired) electrons. The summed E-state index contributed by atoms with van der Waals surface area (Å²) in [7, 11) is 3.09. The van der Waals surface area contributed by atoms with Crippen LogP contribution in [0.25, 0.3) is 11.1 Å². The fourth-order valence-corrected chi connectivity index (χ4v) is 2.60. The molecule has 128 valence electrons.